The van der Waals surface area contributed by atoms with Crippen LogP contribution in [0.25, 0.3) is 0 Å². The van der Waals surface area contributed by atoms with Gasteiger partial charge in [-0.3, -0.25) is 18.7 Å². The number of nitrogens with one attached hydrogen (secondary N) is 2. The molecule has 0 spiro atoms. The number of tetrazole rings is 1. The SMILES string of the molecule is CCC(C(=O)NC1C(=O)N2C(C(=O)O)=C(C(C)Sc3nn[nH]n3)CS[C@H]12)S(=O)c1ccc(O)cc1. The maximum Gasteiger partial charge on any atom is 0.352 e. The highest BCUT2D eigenvalue weighted by atomic mass is 32.2. The summed E-state index contributed by atoms with van der Waals surface area (Å²) in [5, 5.41) is 34.1. The number of benzene rings is 1. The van der Waals surface area contributed by atoms with Crippen molar-refractivity contribution in [3.63, 3.8) is 0 Å². The summed E-state index contributed by atoms with van der Waals surface area (Å²) in [5.41, 5.74) is 0.444. The number of carbonyl (C=O) groups is 3. The lowest BCUT2D eigenvalue weighted by Crippen LogP contribution is -2.71. The van der Waals surface area contributed by atoms with Gasteiger partial charge in [0.25, 0.3) is 5.91 Å². The predicted molar refractivity (Wildman–Crippen MR) is 128 cm³/mol. The van der Waals surface area contributed by atoms with Gasteiger partial charge in [-0.15, -0.1) is 22.0 Å². The first-order valence-corrected chi connectivity index (χ1v) is 13.7. The first-order valence-electron chi connectivity index (χ1n) is 10.5. The van der Waals surface area contributed by atoms with Crippen LogP contribution >= 0.6 is 23.5 Å². The van der Waals surface area contributed by atoms with Crippen molar-refractivity contribution in [2.45, 2.75) is 52.2 Å². The number of nitrogens with zero attached hydrogens (tertiary/aromatic N) is 4. The molecule has 5 atom stereocenters. The van der Waals surface area contributed by atoms with Gasteiger partial charge in [-0.05, 0) is 48.4 Å². The Morgan fingerprint density at radius 2 is 2.09 bits per heavy atom. The van der Waals surface area contributed by atoms with Gasteiger partial charge < -0.3 is 15.5 Å². The van der Waals surface area contributed by atoms with Crippen LogP contribution in [0, 0.1) is 0 Å². The van der Waals surface area contributed by atoms with Crippen LogP contribution < -0.4 is 5.32 Å². The van der Waals surface area contributed by atoms with Crippen LogP contribution in [0.15, 0.2) is 45.6 Å². The minimum absolute atomic E-state index is 0.0180. The van der Waals surface area contributed by atoms with Gasteiger partial charge in [-0.2, -0.15) is 5.21 Å². The van der Waals surface area contributed by atoms with Crippen molar-refractivity contribution in [1.82, 2.24) is 30.8 Å². The molecule has 186 valence electrons. The molecular weight excluding hydrogens is 516 g/mol. The van der Waals surface area contributed by atoms with E-state index in [0.29, 0.717) is 21.4 Å². The largest absolute Gasteiger partial charge is 0.508 e. The van der Waals surface area contributed by atoms with Crippen molar-refractivity contribution in [1.29, 1.82) is 0 Å². The Morgan fingerprint density at radius 3 is 2.69 bits per heavy atom. The zero-order valence-electron chi connectivity index (χ0n) is 18.6. The Kier molecular flexibility index (Phi) is 7.47. The van der Waals surface area contributed by atoms with Crippen LogP contribution in [0.2, 0.25) is 0 Å². The first-order chi connectivity index (χ1) is 16.7. The summed E-state index contributed by atoms with van der Waals surface area (Å²) in [6, 6.07) is 4.81. The van der Waals surface area contributed by atoms with E-state index in [1.54, 1.807) is 13.8 Å². The molecule has 4 unspecified atom stereocenters. The number of hydrogen-bond acceptors (Lipinski definition) is 10. The number of H-pyrrole nitrogens is 1. The highest BCUT2D eigenvalue weighted by molar-refractivity contribution is 8.01. The maximum atomic E-state index is 13.0. The number of amides is 2. The number of carboxylic acids is 1. The molecule has 4 N–H and O–H groups in total. The minimum atomic E-state index is -1.70. The minimum Gasteiger partial charge on any atom is -0.508 e. The third-order valence-electron chi connectivity index (χ3n) is 5.59. The van der Waals surface area contributed by atoms with Crippen molar-refractivity contribution >= 4 is 52.1 Å². The number of aliphatic carboxylic acids is 1. The van der Waals surface area contributed by atoms with Gasteiger partial charge in [0.1, 0.15) is 28.1 Å². The zero-order valence-corrected chi connectivity index (χ0v) is 21.0. The average Bonchev–Trinajstić information content (AvgIpc) is 3.35. The molecule has 2 aliphatic rings. The van der Waals surface area contributed by atoms with Gasteiger partial charge in [-0.1, -0.05) is 18.7 Å². The van der Waals surface area contributed by atoms with Gasteiger partial charge >= 0.3 is 5.97 Å². The lowest BCUT2D eigenvalue weighted by molar-refractivity contribution is -0.150. The molecule has 15 heteroatoms. The van der Waals surface area contributed by atoms with Gasteiger partial charge in [0, 0.05) is 15.9 Å². The number of thioether (sulfide) groups is 2. The molecule has 2 aliphatic heterocycles. The van der Waals surface area contributed by atoms with E-state index in [4.69, 9.17) is 0 Å². The lowest BCUT2D eigenvalue weighted by Gasteiger charge is -2.50. The predicted octanol–water partition coefficient (Wildman–Crippen LogP) is 0.711. The quantitative estimate of drug-likeness (QED) is 0.261. The number of aromatic amines is 1. The Balaban J connectivity index is 1.48. The van der Waals surface area contributed by atoms with E-state index in [2.05, 4.69) is 25.9 Å². The summed E-state index contributed by atoms with van der Waals surface area (Å²) in [6.07, 6.45) is 0.261. The van der Waals surface area contributed by atoms with Crippen LogP contribution in [0.5, 0.6) is 5.75 Å². The number of fused-ring (bicyclic) bond motifs is 1. The zero-order chi connectivity index (χ0) is 25.3. The number of aromatic hydroxyl groups is 1. The molecule has 2 aromatic rings. The van der Waals surface area contributed by atoms with Gasteiger partial charge in [0.05, 0.1) is 10.8 Å². The molecule has 0 bridgehead atoms. The Hall–Kier alpha value is -2.91. The van der Waals surface area contributed by atoms with Gasteiger partial charge in [-0.25, -0.2) is 4.79 Å². The molecule has 1 saturated heterocycles. The van der Waals surface area contributed by atoms with Crippen LogP contribution in [0.1, 0.15) is 20.3 Å². The van der Waals surface area contributed by atoms with Crippen LogP contribution in [0.3, 0.4) is 0 Å². The molecular formula is C20H22N6O6S3. The van der Waals surface area contributed by atoms with Crippen molar-refractivity contribution in [3.8, 4) is 5.75 Å². The molecule has 0 radical (unpaired) electrons. The molecule has 4 rings (SSSR count). The lowest BCUT2D eigenvalue weighted by atomic mass is 10.0. The maximum absolute atomic E-state index is 13.0. The standard InChI is InChI=1S/C20H22N6O6S3/c1-3-13(35(32)11-6-4-10(27)5-7-11)16(28)21-14-17(29)26-15(19(30)31)12(8-33-18(14)26)9(2)34-20-22-24-25-23-20/h4-7,9,13-14,18,27H,3,8H2,1-2H3,(H,21,28)(H,30,31)(H,22,23,24,25)/t9?,13?,14?,18-,35?/m1/s1. The van der Waals surface area contributed by atoms with Crippen molar-refractivity contribution in [2.24, 2.45) is 0 Å². The molecule has 1 fully saturated rings. The topological polar surface area (TPSA) is 178 Å². The molecule has 0 aliphatic carbocycles. The second kappa shape index (κ2) is 10.4. The highest BCUT2D eigenvalue weighted by Gasteiger charge is 2.55. The molecule has 1 aromatic heterocycles. The summed E-state index contributed by atoms with van der Waals surface area (Å²) in [4.78, 5) is 39.6. The van der Waals surface area contributed by atoms with Crippen LogP contribution in [-0.2, 0) is 25.2 Å². The number of β-lactam (4-membered cyclic amide) rings is 1. The summed E-state index contributed by atoms with van der Waals surface area (Å²) in [5.74, 6) is -1.96. The monoisotopic (exact) mass is 538 g/mol. The van der Waals surface area contributed by atoms with Crippen molar-refractivity contribution in [3.05, 3.63) is 35.5 Å². The number of phenolic OH excluding ortho intramolecular Hbond substituents is 1. The number of carbonyl (C=O) groups excluding carboxylic acids is 2. The number of hydrogen-bond donors (Lipinski definition) is 4. The molecule has 2 amide bonds. The third kappa shape index (κ3) is 4.92. The highest BCUT2D eigenvalue weighted by Crippen LogP contribution is 2.43. The summed E-state index contributed by atoms with van der Waals surface area (Å²) < 4.78 is 12.9. The molecule has 3 heterocycles. The summed E-state index contributed by atoms with van der Waals surface area (Å²) in [6.45, 7) is 3.52. The van der Waals surface area contributed by atoms with Gasteiger partial charge in [0.15, 0.2) is 0 Å². The van der Waals surface area contributed by atoms with Crippen LogP contribution in [0.4, 0.5) is 0 Å². The fourth-order valence-electron chi connectivity index (χ4n) is 3.81. The Bertz CT molecular complexity index is 1190. The second-order valence-corrected chi connectivity index (χ2v) is 11.8. The normalized spacial score (nSPS) is 22.1. The van der Waals surface area contributed by atoms with Crippen molar-refractivity contribution < 1.29 is 28.8 Å². The molecule has 12 nitrogen and oxygen atoms in total. The molecule has 35 heavy (non-hydrogen) atoms. The van der Waals surface area contributed by atoms with E-state index < -0.39 is 45.2 Å². The number of aromatic nitrogens is 4. The summed E-state index contributed by atoms with van der Waals surface area (Å²) >= 11 is 2.57. The first kappa shape index (κ1) is 25.2. The Labute approximate surface area is 210 Å². The van der Waals surface area contributed by atoms with E-state index in [-0.39, 0.29) is 23.1 Å². The van der Waals surface area contributed by atoms with Crippen molar-refractivity contribution in [2.75, 3.05) is 5.75 Å². The second-order valence-electron chi connectivity index (χ2n) is 7.72. The van der Waals surface area contributed by atoms with E-state index in [9.17, 15) is 28.8 Å². The van der Waals surface area contributed by atoms with Crippen LogP contribution in [-0.4, -0.2) is 85.4 Å². The van der Waals surface area contributed by atoms with E-state index in [0.717, 1.165) is 0 Å². The molecule has 1 aromatic carbocycles. The number of carboxylic acid groups (broad SMARTS) is 1. The number of rotatable bonds is 9. The van der Waals surface area contributed by atoms with E-state index in [1.165, 1.54) is 52.7 Å². The average molecular weight is 539 g/mol. The smallest absolute Gasteiger partial charge is 0.352 e. The van der Waals surface area contributed by atoms with Gasteiger partial charge in [0.2, 0.25) is 11.1 Å². The van der Waals surface area contributed by atoms with E-state index >= 15 is 0 Å². The number of phenols is 1. The Morgan fingerprint density at radius 1 is 1.37 bits per heavy atom. The fourth-order valence-corrected chi connectivity index (χ4v) is 7.52. The van der Waals surface area contributed by atoms with E-state index in [1.807, 2.05) is 0 Å². The fraction of sp³-hybridized carbons (Fsp3) is 0.400. The third-order valence-corrected chi connectivity index (χ3v) is 9.71. The summed E-state index contributed by atoms with van der Waals surface area (Å²) in [7, 11) is -1.70. The molecule has 0 saturated carbocycles.